The van der Waals surface area contributed by atoms with E-state index in [-0.39, 0.29) is 29.2 Å². The first kappa shape index (κ1) is 21.0. The molecular formula is C24H24F3N3O2. The lowest BCUT2D eigenvalue weighted by Crippen LogP contribution is -2.48. The van der Waals surface area contributed by atoms with Crippen molar-refractivity contribution in [2.45, 2.75) is 31.2 Å². The minimum atomic E-state index is -0.664. The van der Waals surface area contributed by atoms with Crippen LogP contribution in [0.25, 0.3) is 22.2 Å². The van der Waals surface area contributed by atoms with Gasteiger partial charge in [0, 0.05) is 30.6 Å². The maximum Gasteiger partial charge on any atom is 0.234 e. The number of hydrogen-bond donors (Lipinski definition) is 2. The van der Waals surface area contributed by atoms with Crippen LogP contribution in [-0.4, -0.2) is 48.3 Å². The van der Waals surface area contributed by atoms with Gasteiger partial charge in [-0.15, -0.1) is 0 Å². The largest absolute Gasteiger partial charge is 0.366 e. The van der Waals surface area contributed by atoms with Crippen molar-refractivity contribution in [3.8, 4) is 11.3 Å². The van der Waals surface area contributed by atoms with Crippen molar-refractivity contribution in [2.24, 2.45) is 0 Å². The van der Waals surface area contributed by atoms with Gasteiger partial charge in [-0.1, -0.05) is 0 Å². The molecule has 1 saturated carbocycles. The number of nitrogens with one attached hydrogen (secondary N) is 2. The van der Waals surface area contributed by atoms with E-state index < -0.39 is 11.6 Å². The van der Waals surface area contributed by atoms with Gasteiger partial charge in [0.1, 0.15) is 17.5 Å². The number of fused-ring (bicyclic) bond motifs is 1. The van der Waals surface area contributed by atoms with Gasteiger partial charge in [0.2, 0.25) is 5.91 Å². The Bertz CT molecular complexity index is 1130. The van der Waals surface area contributed by atoms with Crippen LogP contribution in [0.1, 0.15) is 30.7 Å². The Kier molecular flexibility index (Phi) is 5.65. The summed E-state index contributed by atoms with van der Waals surface area (Å²) < 4.78 is 47.3. The number of carbonyl (C=O) groups excluding carboxylic acids is 1. The molecule has 1 aliphatic carbocycles. The smallest absolute Gasteiger partial charge is 0.234 e. The summed E-state index contributed by atoms with van der Waals surface area (Å²) in [5, 5.41) is 3.54. The molecule has 2 N–H and O–H groups in total. The average molecular weight is 443 g/mol. The van der Waals surface area contributed by atoms with Gasteiger partial charge in [0.05, 0.1) is 24.5 Å². The Balaban J connectivity index is 1.36. The number of benzene rings is 2. The summed E-state index contributed by atoms with van der Waals surface area (Å²) >= 11 is 0. The van der Waals surface area contributed by atoms with E-state index in [1.165, 1.54) is 18.2 Å². The molecule has 32 heavy (non-hydrogen) atoms. The minimum Gasteiger partial charge on any atom is -0.366 e. The Morgan fingerprint density at radius 2 is 1.91 bits per heavy atom. The van der Waals surface area contributed by atoms with Crippen molar-refractivity contribution >= 4 is 16.8 Å². The molecule has 1 aromatic heterocycles. The summed E-state index contributed by atoms with van der Waals surface area (Å²) in [6, 6.07) is 8.12. The van der Waals surface area contributed by atoms with Crippen molar-refractivity contribution in [3.05, 3.63) is 59.4 Å². The van der Waals surface area contributed by atoms with Crippen LogP contribution in [-0.2, 0) is 9.53 Å². The summed E-state index contributed by atoms with van der Waals surface area (Å²) in [6.07, 6.45) is 2.25. The number of halogens is 3. The molecule has 5 nitrogen and oxygen atoms in total. The highest BCUT2D eigenvalue weighted by Crippen LogP contribution is 2.45. The van der Waals surface area contributed by atoms with Crippen LogP contribution in [0.4, 0.5) is 13.2 Å². The van der Waals surface area contributed by atoms with Crippen LogP contribution in [0.15, 0.2) is 36.4 Å². The molecule has 1 amide bonds. The number of rotatable bonds is 5. The summed E-state index contributed by atoms with van der Waals surface area (Å²) in [5.74, 6) is -1.70. The predicted molar refractivity (Wildman–Crippen MR) is 115 cm³/mol. The molecule has 5 rings (SSSR count). The van der Waals surface area contributed by atoms with E-state index in [9.17, 15) is 18.0 Å². The van der Waals surface area contributed by atoms with E-state index >= 15 is 0 Å². The lowest BCUT2D eigenvalue weighted by atomic mass is 9.74. The highest BCUT2D eigenvalue weighted by Gasteiger charge is 2.35. The number of amides is 1. The Hall–Kier alpha value is -2.84. The first-order valence-corrected chi connectivity index (χ1v) is 10.8. The van der Waals surface area contributed by atoms with Crippen molar-refractivity contribution in [1.29, 1.82) is 0 Å². The topological polar surface area (TPSA) is 57.4 Å². The summed E-state index contributed by atoms with van der Waals surface area (Å²) in [7, 11) is 0. The molecule has 2 aliphatic rings. The zero-order valence-electron chi connectivity index (χ0n) is 17.5. The van der Waals surface area contributed by atoms with Gasteiger partial charge < -0.3 is 15.0 Å². The molecule has 1 aliphatic heterocycles. The van der Waals surface area contributed by atoms with Gasteiger partial charge in [0.15, 0.2) is 0 Å². The van der Waals surface area contributed by atoms with Crippen LogP contribution in [0.2, 0.25) is 0 Å². The van der Waals surface area contributed by atoms with Gasteiger partial charge in [-0.2, -0.15) is 0 Å². The zero-order chi connectivity index (χ0) is 22.2. The van der Waals surface area contributed by atoms with Crippen LogP contribution in [0.5, 0.6) is 0 Å². The minimum absolute atomic E-state index is 0.00244. The van der Waals surface area contributed by atoms with E-state index in [1.807, 2.05) is 4.90 Å². The molecular weight excluding hydrogens is 419 g/mol. The Labute approximate surface area is 183 Å². The van der Waals surface area contributed by atoms with Crippen molar-refractivity contribution in [1.82, 2.24) is 15.2 Å². The second-order valence-corrected chi connectivity index (χ2v) is 8.61. The van der Waals surface area contributed by atoms with Gasteiger partial charge in [0.25, 0.3) is 0 Å². The normalized spacial score (nSPS) is 21.5. The van der Waals surface area contributed by atoms with E-state index in [1.54, 1.807) is 12.1 Å². The van der Waals surface area contributed by atoms with Crippen LogP contribution < -0.4 is 5.32 Å². The maximum absolute atomic E-state index is 14.5. The summed E-state index contributed by atoms with van der Waals surface area (Å²) in [6.45, 7) is 2.33. The molecule has 2 fully saturated rings. The standard InChI is InChI=1S/C24H24F3N3O2/c25-16-4-2-14(3-5-16)23-22(19-10-17(26)11-20(27)24(19)29-23)15-8-18(9-15)28-21(31)12-30-6-1-7-32-13-30/h2-5,10-11,15,18,29H,1,6-9,12-13H2,(H,28,31)/t15-,18+. The zero-order valence-corrected chi connectivity index (χ0v) is 17.5. The number of aromatic nitrogens is 1. The number of carbonyl (C=O) groups is 1. The number of aromatic amines is 1. The first-order chi connectivity index (χ1) is 15.5. The molecule has 0 bridgehead atoms. The number of nitrogens with zero attached hydrogens (tertiary/aromatic N) is 1. The monoisotopic (exact) mass is 443 g/mol. The average Bonchev–Trinajstić information content (AvgIpc) is 3.11. The van der Waals surface area contributed by atoms with Gasteiger partial charge in [-0.3, -0.25) is 9.69 Å². The van der Waals surface area contributed by atoms with Gasteiger partial charge in [-0.05, 0) is 66.6 Å². The van der Waals surface area contributed by atoms with Crippen molar-refractivity contribution in [3.63, 3.8) is 0 Å². The molecule has 168 valence electrons. The summed E-state index contributed by atoms with van der Waals surface area (Å²) in [5.41, 5.74) is 2.40. The van der Waals surface area contributed by atoms with E-state index in [0.29, 0.717) is 42.8 Å². The number of H-pyrrole nitrogens is 1. The second kappa shape index (κ2) is 8.60. The van der Waals surface area contributed by atoms with E-state index in [2.05, 4.69) is 10.3 Å². The third-order valence-electron chi connectivity index (χ3n) is 6.31. The molecule has 3 aromatic rings. The molecule has 0 atom stereocenters. The summed E-state index contributed by atoms with van der Waals surface area (Å²) in [4.78, 5) is 17.4. The molecule has 8 heteroatoms. The fourth-order valence-electron chi connectivity index (χ4n) is 4.73. The third kappa shape index (κ3) is 4.12. The van der Waals surface area contributed by atoms with Gasteiger partial charge in [-0.25, -0.2) is 13.2 Å². The fraction of sp³-hybridized carbons (Fsp3) is 0.375. The fourth-order valence-corrected chi connectivity index (χ4v) is 4.73. The van der Waals surface area contributed by atoms with Crippen LogP contribution in [0.3, 0.4) is 0 Å². The molecule has 2 aromatic carbocycles. The van der Waals surface area contributed by atoms with Crippen molar-refractivity contribution in [2.75, 3.05) is 26.4 Å². The van der Waals surface area contributed by atoms with Crippen LogP contribution >= 0.6 is 0 Å². The van der Waals surface area contributed by atoms with Gasteiger partial charge >= 0.3 is 0 Å². The number of hydrogen-bond acceptors (Lipinski definition) is 3. The third-order valence-corrected chi connectivity index (χ3v) is 6.31. The highest BCUT2D eigenvalue weighted by molar-refractivity contribution is 5.92. The molecule has 0 radical (unpaired) electrons. The Morgan fingerprint density at radius 3 is 2.62 bits per heavy atom. The van der Waals surface area contributed by atoms with E-state index in [4.69, 9.17) is 4.74 Å². The second-order valence-electron chi connectivity index (χ2n) is 8.61. The molecule has 0 unspecified atom stereocenters. The van der Waals surface area contributed by atoms with E-state index in [0.717, 1.165) is 31.2 Å². The highest BCUT2D eigenvalue weighted by atomic mass is 19.1. The number of ether oxygens (including phenoxy) is 1. The molecule has 1 saturated heterocycles. The maximum atomic E-state index is 14.5. The predicted octanol–water partition coefficient (Wildman–Crippen LogP) is 4.29. The van der Waals surface area contributed by atoms with Crippen LogP contribution in [0, 0.1) is 17.5 Å². The first-order valence-electron chi connectivity index (χ1n) is 10.8. The Morgan fingerprint density at radius 1 is 1.12 bits per heavy atom. The molecule has 2 heterocycles. The lowest BCUT2D eigenvalue weighted by molar-refractivity contribution is -0.126. The quantitative estimate of drug-likeness (QED) is 0.619. The lowest BCUT2D eigenvalue weighted by Gasteiger charge is -2.37. The van der Waals surface area contributed by atoms with Crippen molar-refractivity contribution < 1.29 is 22.7 Å². The molecule has 0 spiro atoms. The SMILES string of the molecule is O=C(CN1CCCOC1)N[C@H]1C[C@@H](c2c(-c3ccc(F)cc3)[nH]c3c(F)cc(F)cc32)C1.